The highest BCUT2D eigenvalue weighted by molar-refractivity contribution is 8.00. The van der Waals surface area contributed by atoms with E-state index in [1.807, 2.05) is 18.2 Å². The number of hydrogen-bond donors (Lipinski definition) is 1. The van der Waals surface area contributed by atoms with Crippen LogP contribution in [0.1, 0.15) is 25.7 Å². The highest BCUT2D eigenvalue weighted by Crippen LogP contribution is 2.29. The Morgan fingerprint density at radius 2 is 2.05 bits per heavy atom. The molecule has 1 aliphatic carbocycles. The summed E-state index contributed by atoms with van der Waals surface area (Å²) in [4.78, 5) is 30.9. The van der Waals surface area contributed by atoms with E-state index in [0.29, 0.717) is 22.5 Å². The zero-order valence-corrected chi connectivity index (χ0v) is 11.2. The monoisotopic (exact) mass is 274 g/mol. The fourth-order valence-electron chi connectivity index (χ4n) is 2.33. The van der Waals surface area contributed by atoms with Crippen molar-refractivity contribution in [1.29, 1.82) is 0 Å². The molecule has 0 aliphatic heterocycles. The highest BCUT2D eigenvalue weighted by atomic mass is 32.2. The van der Waals surface area contributed by atoms with E-state index in [-0.39, 0.29) is 16.6 Å². The Hall–Kier alpha value is -1.62. The molecule has 1 aromatic heterocycles. The molecule has 19 heavy (non-hydrogen) atoms. The van der Waals surface area contributed by atoms with Crippen LogP contribution in [0.25, 0.3) is 10.9 Å². The lowest BCUT2D eigenvalue weighted by atomic mass is 9.99. The van der Waals surface area contributed by atoms with Gasteiger partial charge in [-0.1, -0.05) is 30.3 Å². The fourth-order valence-corrected chi connectivity index (χ4v) is 3.44. The number of carbonyl (C=O) groups is 1. The largest absolute Gasteiger partial charge is 0.301 e. The maximum absolute atomic E-state index is 11.9. The Balaban J connectivity index is 1.93. The standard InChI is InChI=1S/C14H14N2O2S/c17-11-7-3-4-8-12(11)19-14-15-10-6-2-1-5-9(10)13(18)16-14/h1-2,5-6,12H,3-4,7-8H2,(H,15,16,18). The average Bonchev–Trinajstić information content (AvgIpc) is 2.42. The predicted molar refractivity (Wildman–Crippen MR) is 75.5 cm³/mol. The van der Waals surface area contributed by atoms with E-state index in [9.17, 15) is 9.59 Å². The number of fused-ring (bicyclic) bond motifs is 1. The number of rotatable bonds is 2. The first-order chi connectivity index (χ1) is 9.24. The van der Waals surface area contributed by atoms with Gasteiger partial charge in [0.25, 0.3) is 5.56 Å². The molecule has 2 aromatic rings. The number of Topliss-reactive ketones (excluding diaryl/α,β-unsaturated/α-hetero) is 1. The SMILES string of the molecule is O=C1CCCCC1Sc1nc2ccccc2c(=O)[nH]1. The van der Waals surface area contributed by atoms with E-state index in [0.717, 1.165) is 19.3 Å². The van der Waals surface area contributed by atoms with E-state index >= 15 is 0 Å². The number of nitrogens with one attached hydrogen (secondary N) is 1. The van der Waals surface area contributed by atoms with Gasteiger partial charge in [-0.2, -0.15) is 0 Å². The van der Waals surface area contributed by atoms with Crippen molar-refractivity contribution in [3.63, 3.8) is 0 Å². The first-order valence-corrected chi connectivity index (χ1v) is 7.30. The van der Waals surface area contributed by atoms with Gasteiger partial charge in [-0.15, -0.1) is 0 Å². The molecule has 1 saturated carbocycles. The maximum Gasteiger partial charge on any atom is 0.259 e. The van der Waals surface area contributed by atoms with E-state index in [1.165, 1.54) is 11.8 Å². The predicted octanol–water partition coefficient (Wildman–Crippen LogP) is 2.53. The molecule has 3 rings (SSSR count). The summed E-state index contributed by atoms with van der Waals surface area (Å²) in [5, 5.41) is 1.07. The molecule has 0 saturated heterocycles. The first kappa shape index (κ1) is 12.4. The highest BCUT2D eigenvalue weighted by Gasteiger charge is 2.24. The smallest absolute Gasteiger partial charge is 0.259 e. The van der Waals surface area contributed by atoms with Gasteiger partial charge in [0.2, 0.25) is 0 Å². The van der Waals surface area contributed by atoms with Crippen molar-refractivity contribution in [2.24, 2.45) is 0 Å². The third-order valence-electron chi connectivity index (χ3n) is 3.34. The van der Waals surface area contributed by atoms with E-state index in [4.69, 9.17) is 0 Å². The Labute approximate surface area is 114 Å². The summed E-state index contributed by atoms with van der Waals surface area (Å²) < 4.78 is 0. The molecule has 1 unspecified atom stereocenters. The molecule has 0 amide bonds. The van der Waals surface area contributed by atoms with Crippen molar-refractivity contribution in [3.05, 3.63) is 34.6 Å². The van der Waals surface area contributed by atoms with Gasteiger partial charge in [0.05, 0.1) is 16.2 Å². The summed E-state index contributed by atoms with van der Waals surface area (Å²) in [5.41, 5.74) is 0.536. The lowest BCUT2D eigenvalue weighted by Crippen LogP contribution is -2.22. The molecule has 5 heteroatoms. The Bertz CT molecular complexity index is 680. The zero-order chi connectivity index (χ0) is 13.2. The number of H-pyrrole nitrogens is 1. The lowest BCUT2D eigenvalue weighted by molar-refractivity contribution is -0.119. The van der Waals surface area contributed by atoms with Crippen LogP contribution in [0.15, 0.2) is 34.2 Å². The summed E-state index contributed by atoms with van der Waals surface area (Å²) in [6.45, 7) is 0. The number of aromatic nitrogens is 2. The van der Waals surface area contributed by atoms with Crippen LogP contribution >= 0.6 is 11.8 Å². The van der Waals surface area contributed by atoms with Crippen molar-refractivity contribution in [3.8, 4) is 0 Å². The van der Waals surface area contributed by atoms with E-state index < -0.39 is 0 Å². The molecular weight excluding hydrogens is 260 g/mol. The number of nitrogens with zero attached hydrogens (tertiary/aromatic N) is 1. The van der Waals surface area contributed by atoms with Gasteiger partial charge in [0, 0.05) is 6.42 Å². The first-order valence-electron chi connectivity index (χ1n) is 6.42. The van der Waals surface area contributed by atoms with Crippen LogP contribution in [0, 0.1) is 0 Å². The average molecular weight is 274 g/mol. The Morgan fingerprint density at radius 3 is 2.89 bits per heavy atom. The number of ketones is 1. The summed E-state index contributed by atoms with van der Waals surface area (Å²) in [5.74, 6) is 0.270. The molecule has 1 N–H and O–H groups in total. The van der Waals surface area contributed by atoms with Gasteiger partial charge in [-0.05, 0) is 25.0 Å². The maximum atomic E-state index is 11.9. The summed E-state index contributed by atoms with van der Waals surface area (Å²) in [7, 11) is 0. The van der Waals surface area contributed by atoms with Gasteiger partial charge in [0.1, 0.15) is 5.78 Å². The third kappa shape index (κ3) is 2.56. The van der Waals surface area contributed by atoms with Crippen molar-refractivity contribution in [1.82, 2.24) is 9.97 Å². The minimum absolute atomic E-state index is 0.0573. The summed E-state index contributed by atoms with van der Waals surface area (Å²) >= 11 is 1.39. The summed E-state index contributed by atoms with van der Waals surface area (Å²) in [6.07, 6.45) is 3.58. The topological polar surface area (TPSA) is 62.8 Å². The Kier molecular flexibility index (Phi) is 3.38. The molecule has 0 spiro atoms. The molecule has 0 bridgehead atoms. The van der Waals surface area contributed by atoms with Crippen LogP contribution in [-0.4, -0.2) is 21.0 Å². The van der Waals surface area contributed by atoms with Gasteiger partial charge in [-0.3, -0.25) is 9.59 Å². The Morgan fingerprint density at radius 1 is 1.21 bits per heavy atom. The molecular formula is C14H14N2O2S. The number of aromatic amines is 1. The van der Waals surface area contributed by atoms with Crippen molar-refractivity contribution in [2.45, 2.75) is 36.1 Å². The zero-order valence-electron chi connectivity index (χ0n) is 10.4. The minimum atomic E-state index is -0.142. The molecule has 1 atom stereocenters. The van der Waals surface area contributed by atoms with E-state index in [2.05, 4.69) is 9.97 Å². The second-order valence-corrected chi connectivity index (χ2v) is 5.90. The van der Waals surface area contributed by atoms with Gasteiger partial charge >= 0.3 is 0 Å². The molecule has 98 valence electrons. The number of hydrogen-bond acceptors (Lipinski definition) is 4. The number of para-hydroxylation sites is 1. The lowest BCUT2D eigenvalue weighted by Gasteiger charge is -2.19. The van der Waals surface area contributed by atoms with Crippen molar-refractivity contribution in [2.75, 3.05) is 0 Å². The van der Waals surface area contributed by atoms with Crippen LogP contribution in [0.2, 0.25) is 0 Å². The van der Waals surface area contributed by atoms with Crippen LogP contribution in [0.3, 0.4) is 0 Å². The quantitative estimate of drug-likeness (QED) is 0.855. The van der Waals surface area contributed by atoms with Crippen molar-refractivity contribution < 1.29 is 4.79 Å². The van der Waals surface area contributed by atoms with Gasteiger partial charge in [0.15, 0.2) is 5.16 Å². The third-order valence-corrected chi connectivity index (χ3v) is 4.54. The van der Waals surface area contributed by atoms with Gasteiger partial charge in [-0.25, -0.2) is 4.98 Å². The number of benzene rings is 1. The van der Waals surface area contributed by atoms with Crippen LogP contribution in [-0.2, 0) is 4.79 Å². The molecule has 1 fully saturated rings. The van der Waals surface area contributed by atoms with E-state index in [1.54, 1.807) is 6.07 Å². The normalized spacial score (nSPS) is 19.8. The molecule has 4 nitrogen and oxygen atoms in total. The second kappa shape index (κ2) is 5.17. The van der Waals surface area contributed by atoms with Crippen molar-refractivity contribution >= 4 is 28.4 Å². The number of thioether (sulfide) groups is 1. The van der Waals surface area contributed by atoms with Crippen LogP contribution < -0.4 is 5.56 Å². The van der Waals surface area contributed by atoms with Gasteiger partial charge < -0.3 is 4.98 Å². The minimum Gasteiger partial charge on any atom is -0.301 e. The molecule has 1 aromatic carbocycles. The van der Waals surface area contributed by atoms with Crippen LogP contribution in [0.5, 0.6) is 0 Å². The molecule has 1 aliphatic rings. The number of carbonyl (C=O) groups excluding carboxylic acids is 1. The second-order valence-electron chi connectivity index (χ2n) is 4.71. The summed E-state index contributed by atoms with van der Waals surface area (Å²) in [6, 6.07) is 7.24. The molecule has 1 heterocycles. The molecule has 0 radical (unpaired) electrons. The fraction of sp³-hybridized carbons (Fsp3) is 0.357. The van der Waals surface area contributed by atoms with Crippen LogP contribution in [0.4, 0.5) is 0 Å².